The predicted octanol–water partition coefficient (Wildman–Crippen LogP) is 4.58. The fourth-order valence-corrected chi connectivity index (χ4v) is 2.37. The van der Waals surface area contributed by atoms with E-state index in [9.17, 15) is 0 Å². The van der Waals surface area contributed by atoms with Crippen LogP contribution in [0.4, 0.5) is 0 Å². The van der Waals surface area contributed by atoms with E-state index in [0.29, 0.717) is 5.02 Å². The van der Waals surface area contributed by atoms with Crippen LogP contribution in [0.2, 0.25) is 5.02 Å². The third kappa shape index (κ3) is 3.75. The average Bonchev–Trinajstić information content (AvgIpc) is 2.42. The molecule has 106 valence electrons. The van der Waals surface area contributed by atoms with Crippen LogP contribution in [0.1, 0.15) is 25.0 Å². The number of hydrogen-bond donors (Lipinski definition) is 1. The van der Waals surface area contributed by atoms with Gasteiger partial charge in [0, 0.05) is 11.1 Å². The third-order valence-electron chi connectivity index (χ3n) is 3.15. The first kappa shape index (κ1) is 14.9. The molecule has 0 aliphatic carbocycles. The Morgan fingerprint density at radius 2 is 1.90 bits per heavy atom. The van der Waals surface area contributed by atoms with Crippen molar-refractivity contribution in [1.82, 2.24) is 0 Å². The lowest BCUT2D eigenvalue weighted by Gasteiger charge is -2.12. The fraction of sp³-hybridized carbons (Fsp3) is 0.294. The van der Waals surface area contributed by atoms with Gasteiger partial charge in [0.25, 0.3) is 0 Å². The van der Waals surface area contributed by atoms with Gasteiger partial charge >= 0.3 is 0 Å². The molecule has 0 aliphatic rings. The molecule has 2 aromatic rings. The van der Waals surface area contributed by atoms with Gasteiger partial charge in [0.05, 0.1) is 0 Å². The van der Waals surface area contributed by atoms with Crippen molar-refractivity contribution in [1.29, 1.82) is 0 Å². The fourth-order valence-electron chi connectivity index (χ4n) is 2.13. The predicted molar refractivity (Wildman–Crippen MR) is 84.7 cm³/mol. The highest BCUT2D eigenvalue weighted by molar-refractivity contribution is 6.31. The molecule has 0 bridgehead atoms. The van der Waals surface area contributed by atoms with Gasteiger partial charge in [-0.3, -0.25) is 0 Å². The lowest BCUT2D eigenvalue weighted by molar-refractivity contribution is 0.476. The zero-order chi connectivity index (χ0) is 14.5. The molecular formula is C17H20ClNO. The van der Waals surface area contributed by atoms with Crippen molar-refractivity contribution in [3.05, 3.63) is 58.6 Å². The minimum atomic E-state index is 0.0973. The van der Waals surface area contributed by atoms with Crippen molar-refractivity contribution >= 4 is 11.6 Å². The zero-order valence-electron chi connectivity index (χ0n) is 11.9. The second-order valence-electron chi connectivity index (χ2n) is 5.00. The highest BCUT2D eigenvalue weighted by atomic mass is 35.5. The smallest absolute Gasteiger partial charge is 0.130 e. The number of halogens is 1. The zero-order valence-corrected chi connectivity index (χ0v) is 12.7. The van der Waals surface area contributed by atoms with E-state index in [4.69, 9.17) is 22.1 Å². The molecule has 0 saturated heterocycles. The number of benzene rings is 2. The maximum Gasteiger partial charge on any atom is 0.130 e. The monoisotopic (exact) mass is 289 g/mol. The van der Waals surface area contributed by atoms with Crippen LogP contribution in [0.25, 0.3) is 0 Å². The molecule has 1 atom stereocenters. The van der Waals surface area contributed by atoms with Crippen LogP contribution in [0.3, 0.4) is 0 Å². The lowest BCUT2D eigenvalue weighted by atomic mass is 10.1. The van der Waals surface area contributed by atoms with Crippen LogP contribution >= 0.6 is 11.6 Å². The van der Waals surface area contributed by atoms with Crippen molar-refractivity contribution in [2.24, 2.45) is 5.73 Å². The van der Waals surface area contributed by atoms with E-state index in [-0.39, 0.29) is 6.04 Å². The topological polar surface area (TPSA) is 35.2 Å². The molecule has 2 aromatic carbocycles. The summed E-state index contributed by atoms with van der Waals surface area (Å²) in [5, 5.41) is 0.703. The Kier molecular flexibility index (Phi) is 5.05. The Labute approximate surface area is 125 Å². The van der Waals surface area contributed by atoms with Crippen molar-refractivity contribution in [3.8, 4) is 11.5 Å². The Morgan fingerprint density at radius 3 is 2.55 bits per heavy atom. The summed E-state index contributed by atoms with van der Waals surface area (Å²) in [4.78, 5) is 0. The number of aryl methyl sites for hydroxylation is 1. The SMILES string of the molecule is CCc1ccccc1Oc1ccc(CC(C)N)c(Cl)c1. The largest absolute Gasteiger partial charge is 0.457 e. The molecule has 2 nitrogen and oxygen atoms in total. The maximum atomic E-state index is 6.28. The minimum Gasteiger partial charge on any atom is -0.457 e. The van der Waals surface area contributed by atoms with Gasteiger partial charge in [-0.1, -0.05) is 42.8 Å². The molecule has 1 unspecified atom stereocenters. The second-order valence-corrected chi connectivity index (χ2v) is 5.41. The van der Waals surface area contributed by atoms with Crippen molar-refractivity contribution in [3.63, 3.8) is 0 Å². The number of rotatable bonds is 5. The van der Waals surface area contributed by atoms with E-state index in [1.807, 2.05) is 43.3 Å². The van der Waals surface area contributed by atoms with Gasteiger partial charge in [0.2, 0.25) is 0 Å². The molecule has 0 amide bonds. The Balaban J connectivity index is 2.20. The minimum absolute atomic E-state index is 0.0973. The van der Waals surface area contributed by atoms with E-state index >= 15 is 0 Å². The lowest BCUT2D eigenvalue weighted by Crippen LogP contribution is -2.17. The Hall–Kier alpha value is -1.51. The summed E-state index contributed by atoms with van der Waals surface area (Å²) < 4.78 is 5.93. The summed E-state index contributed by atoms with van der Waals surface area (Å²) in [6.07, 6.45) is 1.71. The molecule has 0 heterocycles. The van der Waals surface area contributed by atoms with Crippen LogP contribution in [-0.2, 0) is 12.8 Å². The first-order valence-corrected chi connectivity index (χ1v) is 7.27. The highest BCUT2D eigenvalue weighted by Gasteiger charge is 2.07. The van der Waals surface area contributed by atoms with Crippen molar-refractivity contribution in [2.45, 2.75) is 32.7 Å². The van der Waals surface area contributed by atoms with Crippen LogP contribution in [0, 0.1) is 0 Å². The first-order valence-electron chi connectivity index (χ1n) is 6.90. The molecule has 3 heteroatoms. The third-order valence-corrected chi connectivity index (χ3v) is 3.50. The van der Waals surface area contributed by atoms with Gasteiger partial charge in [-0.05, 0) is 49.1 Å². The summed E-state index contributed by atoms with van der Waals surface area (Å²) in [6, 6.07) is 13.9. The summed E-state index contributed by atoms with van der Waals surface area (Å²) in [5.41, 5.74) is 8.04. The van der Waals surface area contributed by atoms with Gasteiger partial charge in [0.15, 0.2) is 0 Å². The van der Waals surface area contributed by atoms with E-state index in [1.54, 1.807) is 0 Å². The summed E-state index contributed by atoms with van der Waals surface area (Å²) in [7, 11) is 0. The van der Waals surface area contributed by atoms with E-state index in [0.717, 1.165) is 29.9 Å². The van der Waals surface area contributed by atoms with Crippen molar-refractivity contribution in [2.75, 3.05) is 0 Å². The molecular weight excluding hydrogens is 270 g/mol. The molecule has 20 heavy (non-hydrogen) atoms. The van der Waals surface area contributed by atoms with Crippen LogP contribution < -0.4 is 10.5 Å². The van der Waals surface area contributed by atoms with Gasteiger partial charge in [-0.25, -0.2) is 0 Å². The molecule has 0 radical (unpaired) electrons. The van der Waals surface area contributed by atoms with E-state index in [2.05, 4.69) is 13.0 Å². The summed E-state index contributed by atoms with van der Waals surface area (Å²) in [5.74, 6) is 1.63. The summed E-state index contributed by atoms with van der Waals surface area (Å²) >= 11 is 6.28. The van der Waals surface area contributed by atoms with E-state index in [1.165, 1.54) is 5.56 Å². The Bertz CT molecular complexity index is 581. The second kappa shape index (κ2) is 6.78. The molecule has 2 rings (SSSR count). The van der Waals surface area contributed by atoms with Crippen LogP contribution in [0.5, 0.6) is 11.5 Å². The average molecular weight is 290 g/mol. The number of nitrogens with two attached hydrogens (primary N) is 1. The standard InChI is InChI=1S/C17H20ClNO/c1-3-13-6-4-5-7-17(13)20-15-9-8-14(10-12(2)19)16(18)11-15/h4-9,11-12H,3,10,19H2,1-2H3. The van der Waals surface area contributed by atoms with Crippen LogP contribution in [-0.4, -0.2) is 6.04 Å². The normalized spacial score (nSPS) is 12.2. The molecule has 0 aliphatic heterocycles. The van der Waals surface area contributed by atoms with Gasteiger partial charge in [-0.15, -0.1) is 0 Å². The van der Waals surface area contributed by atoms with E-state index < -0.39 is 0 Å². The molecule has 0 spiro atoms. The number of ether oxygens (including phenoxy) is 1. The molecule has 0 aromatic heterocycles. The van der Waals surface area contributed by atoms with Gasteiger partial charge < -0.3 is 10.5 Å². The molecule has 0 fully saturated rings. The van der Waals surface area contributed by atoms with Gasteiger partial charge in [-0.2, -0.15) is 0 Å². The highest BCUT2D eigenvalue weighted by Crippen LogP contribution is 2.29. The van der Waals surface area contributed by atoms with Crippen LogP contribution in [0.15, 0.2) is 42.5 Å². The summed E-state index contributed by atoms with van der Waals surface area (Å²) in [6.45, 7) is 4.08. The van der Waals surface area contributed by atoms with Gasteiger partial charge in [0.1, 0.15) is 11.5 Å². The molecule has 0 saturated carbocycles. The first-order chi connectivity index (χ1) is 9.60. The van der Waals surface area contributed by atoms with Crippen molar-refractivity contribution < 1.29 is 4.74 Å². The molecule has 2 N–H and O–H groups in total. The number of hydrogen-bond acceptors (Lipinski definition) is 2. The Morgan fingerprint density at radius 1 is 1.15 bits per heavy atom. The maximum absolute atomic E-state index is 6.28. The number of para-hydroxylation sites is 1. The quantitative estimate of drug-likeness (QED) is 0.874.